The lowest BCUT2D eigenvalue weighted by molar-refractivity contribution is -0.127. The molecule has 144 valence electrons. The molecule has 0 unspecified atom stereocenters. The highest BCUT2D eigenvalue weighted by molar-refractivity contribution is 5.80. The quantitative estimate of drug-likeness (QED) is 0.776. The number of ether oxygens (including phenoxy) is 1. The van der Waals surface area contributed by atoms with Crippen LogP contribution in [0.25, 0.3) is 0 Å². The largest absolute Gasteiger partial charge is 0.497 e. The van der Waals surface area contributed by atoms with Gasteiger partial charge in [-0.2, -0.15) is 0 Å². The molecule has 1 aromatic carbocycles. The number of aryl methyl sites for hydroxylation is 2. The molecular formula is C21H28N4O2. The van der Waals surface area contributed by atoms with Gasteiger partial charge in [-0.15, -0.1) is 0 Å². The molecule has 0 bridgehead atoms. The van der Waals surface area contributed by atoms with Gasteiger partial charge in [0.2, 0.25) is 5.91 Å². The van der Waals surface area contributed by atoms with Crippen molar-refractivity contribution in [1.82, 2.24) is 14.9 Å². The summed E-state index contributed by atoms with van der Waals surface area (Å²) in [7, 11) is 1.66. The molecule has 3 rings (SSSR count). The number of carbonyl (C=O) groups is 1. The Morgan fingerprint density at radius 3 is 2.70 bits per heavy atom. The Morgan fingerprint density at radius 2 is 2.00 bits per heavy atom. The first-order chi connectivity index (χ1) is 13.1. The minimum absolute atomic E-state index is 0.0946. The van der Waals surface area contributed by atoms with E-state index in [0.717, 1.165) is 48.9 Å². The minimum Gasteiger partial charge on any atom is -0.497 e. The van der Waals surface area contributed by atoms with Crippen molar-refractivity contribution in [1.29, 1.82) is 0 Å². The van der Waals surface area contributed by atoms with Gasteiger partial charge in [-0.3, -0.25) is 4.79 Å². The second-order valence-corrected chi connectivity index (χ2v) is 7.04. The molecule has 1 fully saturated rings. The second-order valence-electron chi connectivity index (χ2n) is 7.04. The van der Waals surface area contributed by atoms with Gasteiger partial charge in [0, 0.05) is 37.7 Å². The van der Waals surface area contributed by atoms with E-state index in [1.165, 1.54) is 5.56 Å². The molecule has 1 saturated heterocycles. The summed E-state index contributed by atoms with van der Waals surface area (Å²) < 4.78 is 5.18. The van der Waals surface area contributed by atoms with Crippen molar-refractivity contribution in [3.05, 3.63) is 47.4 Å². The highest BCUT2D eigenvalue weighted by Gasteiger charge is 2.29. The summed E-state index contributed by atoms with van der Waals surface area (Å²) in [4.78, 5) is 23.3. The van der Waals surface area contributed by atoms with E-state index in [1.54, 1.807) is 7.11 Å². The van der Waals surface area contributed by atoms with E-state index in [2.05, 4.69) is 22.2 Å². The Balaban J connectivity index is 1.55. The fourth-order valence-electron chi connectivity index (χ4n) is 3.39. The molecule has 0 saturated carbocycles. The number of nitrogens with zero attached hydrogens (tertiary/aromatic N) is 3. The number of likely N-dealkylation sites (tertiary alicyclic amines) is 1. The van der Waals surface area contributed by atoms with Crippen molar-refractivity contribution in [2.45, 2.75) is 45.6 Å². The summed E-state index contributed by atoms with van der Waals surface area (Å²) >= 11 is 0. The number of carbonyl (C=O) groups excluding carboxylic acids is 1. The summed E-state index contributed by atoms with van der Waals surface area (Å²) in [6.45, 7) is 5.54. The monoisotopic (exact) mass is 368 g/mol. The Bertz CT molecular complexity index is 776. The molecule has 6 nitrogen and oxygen atoms in total. The smallest absolute Gasteiger partial charge is 0.224 e. The molecule has 1 amide bonds. The zero-order valence-electron chi connectivity index (χ0n) is 16.4. The van der Waals surface area contributed by atoms with Crippen molar-refractivity contribution in [2.24, 2.45) is 0 Å². The maximum atomic E-state index is 12.4. The maximum absolute atomic E-state index is 12.4. The first-order valence-corrected chi connectivity index (χ1v) is 9.59. The zero-order chi connectivity index (χ0) is 19.2. The molecule has 6 heteroatoms. The van der Waals surface area contributed by atoms with Crippen LogP contribution >= 0.6 is 0 Å². The van der Waals surface area contributed by atoms with Crippen LogP contribution in [-0.2, 0) is 17.6 Å². The standard InChI is InChI=1S/C21H28N4O2/c1-4-5-19-22-15(2)12-20(24-19)23-17-13-21(26)25(14-17)11-10-16-6-8-18(27-3)9-7-16/h6-9,12,17H,4-5,10-11,13-14H2,1-3H3,(H,22,23,24)/t17-/m0/s1. The fourth-order valence-corrected chi connectivity index (χ4v) is 3.39. The predicted molar refractivity (Wildman–Crippen MR) is 106 cm³/mol. The third kappa shape index (κ3) is 5.18. The van der Waals surface area contributed by atoms with Gasteiger partial charge >= 0.3 is 0 Å². The SMILES string of the molecule is CCCc1nc(C)cc(N[C@H]2CC(=O)N(CCc3ccc(OC)cc3)C2)n1. The molecule has 0 aliphatic carbocycles. The number of methoxy groups -OCH3 is 1. The van der Waals surface area contributed by atoms with Crippen molar-refractivity contribution in [2.75, 3.05) is 25.5 Å². The molecule has 2 heterocycles. The fraction of sp³-hybridized carbons (Fsp3) is 0.476. The summed E-state index contributed by atoms with van der Waals surface area (Å²) in [5.41, 5.74) is 2.16. The number of rotatable bonds is 8. The molecule has 1 aliphatic heterocycles. The minimum atomic E-state index is 0.0946. The molecule has 1 aromatic heterocycles. The van der Waals surface area contributed by atoms with E-state index in [-0.39, 0.29) is 11.9 Å². The third-order valence-corrected chi connectivity index (χ3v) is 4.77. The van der Waals surface area contributed by atoms with E-state index >= 15 is 0 Å². The second kappa shape index (κ2) is 8.84. The maximum Gasteiger partial charge on any atom is 0.224 e. The molecule has 27 heavy (non-hydrogen) atoms. The lowest BCUT2D eigenvalue weighted by Crippen LogP contribution is -2.30. The molecular weight excluding hydrogens is 340 g/mol. The van der Waals surface area contributed by atoms with Crippen LogP contribution in [0, 0.1) is 6.92 Å². The van der Waals surface area contributed by atoms with Gasteiger partial charge < -0.3 is 15.0 Å². The predicted octanol–water partition coefficient (Wildman–Crippen LogP) is 3.00. The summed E-state index contributed by atoms with van der Waals surface area (Å²) in [6, 6.07) is 10.1. The molecule has 1 atom stereocenters. The Morgan fingerprint density at radius 1 is 1.22 bits per heavy atom. The van der Waals surface area contributed by atoms with Gasteiger partial charge in [-0.1, -0.05) is 19.1 Å². The average molecular weight is 368 g/mol. The van der Waals surface area contributed by atoms with E-state index in [4.69, 9.17) is 4.74 Å². The number of aromatic nitrogens is 2. The summed E-state index contributed by atoms with van der Waals surface area (Å²) in [5.74, 6) is 2.73. The zero-order valence-corrected chi connectivity index (χ0v) is 16.4. The highest BCUT2D eigenvalue weighted by Crippen LogP contribution is 2.18. The number of hydrogen-bond donors (Lipinski definition) is 1. The van der Waals surface area contributed by atoms with Gasteiger partial charge in [-0.05, 0) is 37.5 Å². The van der Waals surface area contributed by atoms with E-state index in [9.17, 15) is 4.79 Å². The van der Waals surface area contributed by atoms with Crippen LogP contribution in [0.15, 0.2) is 30.3 Å². The van der Waals surface area contributed by atoms with Gasteiger partial charge in [0.05, 0.1) is 13.2 Å². The normalized spacial score (nSPS) is 16.6. The third-order valence-electron chi connectivity index (χ3n) is 4.77. The van der Waals surface area contributed by atoms with Crippen molar-refractivity contribution < 1.29 is 9.53 Å². The van der Waals surface area contributed by atoms with Gasteiger partial charge in [0.25, 0.3) is 0 Å². The summed E-state index contributed by atoms with van der Waals surface area (Å²) in [6.07, 6.45) is 3.24. The van der Waals surface area contributed by atoms with Crippen molar-refractivity contribution in [3.63, 3.8) is 0 Å². The average Bonchev–Trinajstić information content (AvgIpc) is 2.99. The number of benzene rings is 1. The first kappa shape index (κ1) is 19.1. The van der Waals surface area contributed by atoms with Crippen LogP contribution in [0.2, 0.25) is 0 Å². The Hall–Kier alpha value is -2.63. The van der Waals surface area contributed by atoms with Crippen LogP contribution in [0.3, 0.4) is 0 Å². The number of hydrogen-bond acceptors (Lipinski definition) is 5. The van der Waals surface area contributed by atoms with Crippen molar-refractivity contribution >= 4 is 11.7 Å². The first-order valence-electron chi connectivity index (χ1n) is 9.59. The molecule has 0 radical (unpaired) electrons. The molecule has 1 aliphatic rings. The summed E-state index contributed by atoms with van der Waals surface area (Å²) in [5, 5.41) is 3.42. The van der Waals surface area contributed by atoms with E-state index in [0.29, 0.717) is 13.0 Å². The molecule has 2 aromatic rings. The lowest BCUT2D eigenvalue weighted by atomic mass is 10.1. The van der Waals surface area contributed by atoms with E-state index < -0.39 is 0 Å². The van der Waals surface area contributed by atoms with Crippen LogP contribution in [0.4, 0.5) is 5.82 Å². The van der Waals surface area contributed by atoms with Gasteiger partial charge in [0.1, 0.15) is 17.4 Å². The van der Waals surface area contributed by atoms with Gasteiger partial charge in [-0.25, -0.2) is 9.97 Å². The van der Waals surface area contributed by atoms with Crippen molar-refractivity contribution in [3.8, 4) is 5.75 Å². The Kier molecular flexibility index (Phi) is 6.27. The number of amides is 1. The van der Waals surface area contributed by atoms with E-state index in [1.807, 2.05) is 42.2 Å². The topological polar surface area (TPSA) is 67.4 Å². The molecule has 1 N–H and O–H groups in total. The van der Waals surface area contributed by atoms with Crippen LogP contribution in [-0.4, -0.2) is 47.0 Å². The number of anilines is 1. The Labute approximate surface area is 161 Å². The lowest BCUT2D eigenvalue weighted by Gasteiger charge is -2.18. The molecule has 0 spiro atoms. The highest BCUT2D eigenvalue weighted by atomic mass is 16.5. The van der Waals surface area contributed by atoms with Crippen LogP contribution < -0.4 is 10.1 Å². The number of nitrogens with one attached hydrogen (secondary N) is 1. The van der Waals surface area contributed by atoms with Gasteiger partial charge in [0.15, 0.2) is 0 Å². The van der Waals surface area contributed by atoms with Crippen LogP contribution in [0.5, 0.6) is 5.75 Å². The van der Waals surface area contributed by atoms with Crippen LogP contribution in [0.1, 0.15) is 36.8 Å².